The van der Waals surface area contributed by atoms with Gasteiger partial charge in [-0.25, -0.2) is 4.39 Å². The zero-order valence-corrected chi connectivity index (χ0v) is 15.7. The lowest BCUT2D eigenvalue weighted by atomic mass is 9.95. The van der Waals surface area contributed by atoms with Gasteiger partial charge in [0.1, 0.15) is 11.9 Å². The monoisotopic (exact) mass is 361 g/mol. The predicted octanol–water partition coefficient (Wildman–Crippen LogP) is 2.29. The number of hydrogen-bond donors (Lipinski definition) is 0. The molecule has 0 spiro atoms. The summed E-state index contributed by atoms with van der Waals surface area (Å²) in [5, 5.41) is 0. The molecular formula is C20H28FN3O2. The van der Waals surface area contributed by atoms with Crippen molar-refractivity contribution in [3.05, 3.63) is 35.6 Å². The van der Waals surface area contributed by atoms with Crippen LogP contribution in [-0.2, 0) is 9.59 Å². The average Bonchev–Trinajstić information content (AvgIpc) is 3.02. The Morgan fingerprint density at radius 1 is 1.19 bits per heavy atom. The van der Waals surface area contributed by atoms with Gasteiger partial charge in [0, 0.05) is 32.6 Å². The van der Waals surface area contributed by atoms with Gasteiger partial charge in [-0.05, 0) is 57.0 Å². The standard InChI is InChI=1S/C20H28FN3O2/c1-22(2)19(16-5-7-17(21)8-6-16)20(26)23-12-9-15(10-13-23)14-24-11-3-4-18(24)25/h5-8,15,19H,3-4,9-14H2,1-2H3/t19-/m1/s1. The first kappa shape index (κ1) is 18.8. The zero-order valence-electron chi connectivity index (χ0n) is 15.7. The van der Waals surface area contributed by atoms with Gasteiger partial charge in [-0.2, -0.15) is 0 Å². The molecular weight excluding hydrogens is 333 g/mol. The van der Waals surface area contributed by atoms with Crippen LogP contribution in [0.3, 0.4) is 0 Å². The van der Waals surface area contributed by atoms with Crippen LogP contribution in [0.1, 0.15) is 37.3 Å². The molecule has 0 aromatic heterocycles. The van der Waals surface area contributed by atoms with Crippen molar-refractivity contribution in [1.82, 2.24) is 14.7 Å². The maximum atomic E-state index is 13.2. The van der Waals surface area contributed by atoms with Crippen LogP contribution in [-0.4, -0.2) is 66.8 Å². The van der Waals surface area contributed by atoms with E-state index in [1.165, 1.54) is 12.1 Å². The van der Waals surface area contributed by atoms with E-state index in [1.807, 2.05) is 28.8 Å². The Morgan fingerprint density at radius 2 is 1.85 bits per heavy atom. The summed E-state index contributed by atoms with van der Waals surface area (Å²) in [5.74, 6) is 0.519. The molecule has 0 saturated carbocycles. The third kappa shape index (κ3) is 4.23. The first-order chi connectivity index (χ1) is 12.5. The molecule has 5 nitrogen and oxygen atoms in total. The Morgan fingerprint density at radius 3 is 2.38 bits per heavy atom. The Hall–Kier alpha value is -1.95. The van der Waals surface area contributed by atoms with Gasteiger partial charge in [0.15, 0.2) is 0 Å². The number of rotatable bonds is 5. The van der Waals surface area contributed by atoms with E-state index in [0.717, 1.165) is 51.0 Å². The van der Waals surface area contributed by atoms with E-state index in [9.17, 15) is 14.0 Å². The number of amides is 2. The lowest BCUT2D eigenvalue weighted by Crippen LogP contribution is -2.46. The predicted molar refractivity (Wildman–Crippen MR) is 97.9 cm³/mol. The Kier molecular flexibility index (Phi) is 5.91. The molecule has 26 heavy (non-hydrogen) atoms. The van der Waals surface area contributed by atoms with Crippen molar-refractivity contribution in [2.24, 2.45) is 5.92 Å². The van der Waals surface area contributed by atoms with Crippen molar-refractivity contribution in [3.8, 4) is 0 Å². The van der Waals surface area contributed by atoms with E-state index >= 15 is 0 Å². The molecule has 2 fully saturated rings. The van der Waals surface area contributed by atoms with Crippen LogP contribution < -0.4 is 0 Å². The van der Waals surface area contributed by atoms with E-state index in [-0.39, 0.29) is 17.6 Å². The maximum Gasteiger partial charge on any atom is 0.244 e. The van der Waals surface area contributed by atoms with Crippen LogP contribution in [0.15, 0.2) is 24.3 Å². The van der Waals surface area contributed by atoms with E-state index in [4.69, 9.17) is 0 Å². The van der Waals surface area contributed by atoms with Gasteiger partial charge in [-0.3, -0.25) is 14.5 Å². The highest BCUT2D eigenvalue weighted by Crippen LogP contribution is 2.26. The normalized spacial score (nSPS) is 20.1. The highest BCUT2D eigenvalue weighted by atomic mass is 19.1. The molecule has 1 atom stereocenters. The van der Waals surface area contributed by atoms with E-state index < -0.39 is 6.04 Å². The maximum absolute atomic E-state index is 13.2. The lowest BCUT2D eigenvalue weighted by molar-refractivity contribution is -0.138. The van der Waals surface area contributed by atoms with Crippen LogP contribution in [0.2, 0.25) is 0 Å². The summed E-state index contributed by atoms with van der Waals surface area (Å²) in [6.07, 6.45) is 3.51. The Balaban J connectivity index is 1.59. The summed E-state index contributed by atoms with van der Waals surface area (Å²) in [5.41, 5.74) is 0.811. The highest BCUT2D eigenvalue weighted by Gasteiger charge is 2.32. The second kappa shape index (κ2) is 8.16. The quantitative estimate of drug-likeness (QED) is 0.808. The topological polar surface area (TPSA) is 43.9 Å². The minimum Gasteiger partial charge on any atom is -0.342 e. The molecule has 142 valence electrons. The fourth-order valence-electron chi connectivity index (χ4n) is 4.02. The molecule has 3 rings (SSSR count). The van der Waals surface area contributed by atoms with Crippen molar-refractivity contribution in [3.63, 3.8) is 0 Å². The number of hydrogen-bond acceptors (Lipinski definition) is 3. The van der Waals surface area contributed by atoms with Gasteiger partial charge in [0.05, 0.1) is 0 Å². The molecule has 0 bridgehead atoms. The van der Waals surface area contributed by atoms with Crippen molar-refractivity contribution in [1.29, 1.82) is 0 Å². The molecule has 2 saturated heterocycles. The zero-order chi connectivity index (χ0) is 18.7. The van der Waals surface area contributed by atoms with Crippen molar-refractivity contribution >= 4 is 11.8 Å². The van der Waals surface area contributed by atoms with Gasteiger partial charge in [0.2, 0.25) is 11.8 Å². The summed E-state index contributed by atoms with van der Waals surface area (Å²) in [7, 11) is 3.75. The van der Waals surface area contributed by atoms with Gasteiger partial charge < -0.3 is 9.80 Å². The summed E-state index contributed by atoms with van der Waals surface area (Å²) < 4.78 is 13.2. The van der Waals surface area contributed by atoms with Gasteiger partial charge >= 0.3 is 0 Å². The number of carbonyl (C=O) groups excluding carboxylic acids is 2. The van der Waals surface area contributed by atoms with Crippen LogP contribution in [0.5, 0.6) is 0 Å². The van der Waals surface area contributed by atoms with Crippen molar-refractivity contribution in [2.45, 2.75) is 31.7 Å². The number of benzene rings is 1. The molecule has 2 aliphatic rings. The average molecular weight is 361 g/mol. The molecule has 1 aromatic carbocycles. The lowest BCUT2D eigenvalue weighted by Gasteiger charge is -2.37. The van der Waals surface area contributed by atoms with Gasteiger partial charge in [-0.15, -0.1) is 0 Å². The smallest absolute Gasteiger partial charge is 0.244 e. The van der Waals surface area contributed by atoms with Gasteiger partial charge in [-0.1, -0.05) is 12.1 Å². The molecule has 0 N–H and O–H groups in total. The van der Waals surface area contributed by atoms with E-state index in [2.05, 4.69) is 0 Å². The second-order valence-corrected chi connectivity index (χ2v) is 7.63. The minimum atomic E-state index is -0.396. The van der Waals surface area contributed by atoms with Gasteiger partial charge in [0.25, 0.3) is 0 Å². The fourth-order valence-corrected chi connectivity index (χ4v) is 4.02. The Bertz CT molecular complexity index is 639. The summed E-state index contributed by atoms with van der Waals surface area (Å²) in [6.45, 7) is 3.15. The first-order valence-corrected chi connectivity index (χ1v) is 9.44. The van der Waals surface area contributed by atoms with E-state index in [0.29, 0.717) is 12.3 Å². The van der Waals surface area contributed by atoms with Crippen LogP contribution in [0.4, 0.5) is 4.39 Å². The molecule has 0 radical (unpaired) electrons. The molecule has 2 heterocycles. The van der Waals surface area contributed by atoms with E-state index in [1.54, 1.807) is 12.1 Å². The second-order valence-electron chi connectivity index (χ2n) is 7.63. The first-order valence-electron chi connectivity index (χ1n) is 9.44. The SMILES string of the molecule is CN(C)[C@@H](C(=O)N1CCC(CN2CCCC2=O)CC1)c1ccc(F)cc1. The summed E-state index contributed by atoms with van der Waals surface area (Å²) in [6, 6.07) is 5.77. The third-order valence-corrected chi connectivity index (χ3v) is 5.51. The summed E-state index contributed by atoms with van der Waals surface area (Å²) >= 11 is 0. The van der Waals surface area contributed by atoms with Crippen LogP contribution >= 0.6 is 0 Å². The Labute approximate surface area is 154 Å². The molecule has 0 unspecified atom stereocenters. The molecule has 6 heteroatoms. The van der Waals surface area contributed by atoms with Crippen molar-refractivity contribution < 1.29 is 14.0 Å². The number of halogens is 1. The molecule has 2 amide bonds. The molecule has 1 aromatic rings. The fraction of sp³-hybridized carbons (Fsp3) is 0.600. The third-order valence-electron chi connectivity index (χ3n) is 5.51. The number of likely N-dealkylation sites (N-methyl/N-ethyl adjacent to an activating group) is 1. The minimum absolute atomic E-state index is 0.0670. The van der Waals surface area contributed by atoms with Crippen molar-refractivity contribution in [2.75, 3.05) is 40.3 Å². The van der Waals surface area contributed by atoms with Crippen LogP contribution in [0, 0.1) is 11.7 Å². The number of likely N-dealkylation sites (tertiary alicyclic amines) is 2. The summed E-state index contributed by atoms with van der Waals surface area (Å²) in [4.78, 5) is 30.6. The van der Waals surface area contributed by atoms with Crippen LogP contribution in [0.25, 0.3) is 0 Å². The highest BCUT2D eigenvalue weighted by molar-refractivity contribution is 5.83. The molecule has 2 aliphatic heterocycles. The number of nitrogens with zero attached hydrogens (tertiary/aromatic N) is 3. The number of piperidine rings is 1. The largest absolute Gasteiger partial charge is 0.342 e. The number of carbonyl (C=O) groups is 2. The molecule has 0 aliphatic carbocycles.